The Balaban J connectivity index is 1.09. The number of carbonyl (C=O) groups is 2. The lowest BCUT2D eigenvalue weighted by atomic mass is 9.83. The van der Waals surface area contributed by atoms with Crippen LogP contribution in [0.2, 0.25) is 0 Å². The van der Waals surface area contributed by atoms with Gasteiger partial charge in [-0.2, -0.15) is 0 Å². The Hall–Kier alpha value is -1.79. The molecule has 1 amide bonds. The first-order valence-electron chi connectivity index (χ1n) is 13.8. The van der Waals surface area contributed by atoms with Crippen LogP contribution in [-0.4, -0.2) is 55.5 Å². The van der Waals surface area contributed by atoms with Gasteiger partial charge in [-0.3, -0.25) is 9.59 Å². The monoisotopic (exact) mass is 486 g/mol. The van der Waals surface area contributed by atoms with Crippen LogP contribution in [0.5, 0.6) is 0 Å². The van der Waals surface area contributed by atoms with Crippen molar-refractivity contribution in [2.75, 3.05) is 26.7 Å². The van der Waals surface area contributed by atoms with Crippen molar-refractivity contribution in [1.82, 2.24) is 10.2 Å². The van der Waals surface area contributed by atoms with E-state index < -0.39 is 0 Å². The largest absolute Gasteiger partial charge is 0.381 e. The SMILES string of the molecule is CO[C@@H]1CCC[C@H](CC(=O)NC2CCC(CCN3CCC(C(=O)c4ccc(F)cc4)CC3)CC2)C1. The van der Waals surface area contributed by atoms with Gasteiger partial charge in [0.05, 0.1) is 6.10 Å². The van der Waals surface area contributed by atoms with Crippen LogP contribution in [0, 0.1) is 23.6 Å². The molecule has 3 aliphatic rings. The van der Waals surface area contributed by atoms with Gasteiger partial charge in [-0.1, -0.05) is 6.42 Å². The van der Waals surface area contributed by atoms with Gasteiger partial charge in [0.25, 0.3) is 0 Å². The molecule has 3 fully saturated rings. The third-order valence-electron chi connectivity index (χ3n) is 8.69. The number of amides is 1. The zero-order valence-electron chi connectivity index (χ0n) is 21.4. The maximum atomic E-state index is 13.1. The Kier molecular flexibility index (Phi) is 9.73. The van der Waals surface area contributed by atoms with E-state index in [9.17, 15) is 14.0 Å². The van der Waals surface area contributed by atoms with Crippen LogP contribution in [0.3, 0.4) is 0 Å². The number of halogens is 1. The molecule has 4 rings (SSSR count). The number of likely N-dealkylation sites (tertiary alicyclic amines) is 1. The first kappa shape index (κ1) is 26.3. The minimum Gasteiger partial charge on any atom is -0.381 e. The van der Waals surface area contributed by atoms with Crippen LogP contribution >= 0.6 is 0 Å². The van der Waals surface area contributed by atoms with Crippen molar-refractivity contribution in [3.05, 3.63) is 35.6 Å². The maximum absolute atomic E-state index is 13.1. The summed E-state index contributed by atoms with van der Waals surface area (Å²) in [5, 5.41) is 3.31. The van der Waals surface area contributed by atoms with Crippen LogP contribution in [0.4, 0.5) is 4.39 Å². The second-order valence-electron chi connectivity index (χ2n) is 11.2. The Labute approximate surface area is 210 Å². The van der Waals surface area contributed by atoms with E-state index in [1.54, 1.807) is 19.2 Å². The number of nitrogens with one attached hydrogen (secondary N) is 1. The summed E-state index contributed by atoms with van der Waals surface area (Å²) in [5.41, 5.74) is 0.631. The molecule has 1 heterocycles. The van der Waals surface area contributed by atoms with Gasteiger partial charge in [0.2, 0.25) is 5.91 Å². The Morgan fingerprint density at radius 2 is 1.69 bits per heavy atom. The minimum atomic E-state index is -0.298. The van der Waals surface area contributed by atoms with Crippen LogP contribution in [0.1, 0.15) is 87.4 Å². The number of ether oxygens (including phenoxy) is 1. The molecule has 1 aromatic carbocycles. The van der Waals surface area contributed by atoms with Gasteiger partial charge in [0.15, 0.2) is 5.78 Å². The summed E-state index contributed by atoms with van der Waals surface area (Å²) in [6.07, 6.45) is 13.0. The molecule has 0 unspecified atom stereocenters. The van der Waals surface area contributed by atoms with E-state index >= 15 is 0 Å². The number of nitrogens with zero attached hydrogens (tertiary/aromatic N) is 1. The van der Waals surface area contributed by atoms with E-state index in [1.807, 2.05) is 0 Å². The molecule has 2 atom stereocenters. The second kappa shape index (κ2) is 13.0. The molecule has 194 valence electrons. The molecule has 1 aromatic rings. The van der Waals surface area contributed by atoms with E-state index in [-0.39, 0.29) is 23.4 Å². The number of carbonyl (C=O) groups excluding carboxylic acids is 2. The zero-order valence-corrected chi connectivity index (χ0v) is 21.4. The second-order valence-corrected chi connectivity index (χ2v) is 11.2. The molecule has 1 N–H and O–H groups in total. The number of piperidine rings is 1. The molecule has 2 saturated carbocycles. The fourth-order valence-electron chi connectivity index (χ4n) is 6.42. The summed E-state index contributed by atoms with van der Waals surface area (Å²) in [6.45, 7) is 3.03. The van der Waals surface area contributed by atoms with Crippen molar-refractivity contribution in [3.8, 4) is 0 Å². The summed E-state index contributed by atoms with van der Waals surface area (Å²) in [6, 6.07) is 6.30. The summed E-state index contributed by atoms with van der Waals surface area (Å²) in [4.78, 5) is 27.8. The molecule has 0 radical (unpaired) electrons. The molecular weight excluding hydrogens is 443 g/mol. The van der Waals surface area contributed by atoms with E-state index in [4.69, 9.17) is 4.74 Å². The van der Waals surface area contributed by atoms with Gasteiger partial charge in [-0.25, -0.2) is 4.39 Å². The lowest BCUT2D eigenvalue weighted by Crippen LogP contribution is -2.40. The molecule has 35 heavy (non-hydrogen) atoms. The number of rotatable bonds is 9. The third kappa shape index (κ3) is 7.85. The zero-order chi connectivity index (χ0) is 24.6. The Morgan fingerprint density at radius 1 is 0.971 bits per heavy atom. The summed E-state index contributed by atoms with van der Waals surface area (Å²) < 4.78 is 18.6. The topological polar surface area (TPSA) is 58.6 Å². The predicted molar refractivity (Wildman–Crippen MR) is 136 cm³/mol. The summed E-state index contributed by atoms with van der Waals surface area (Å²) >= 11 is 0. The highest BCUT2D eigenvalue weighted by atomic mass is 19.1. The van der Waals surface area contributed by atoms with Gasteiger partial charge < -0.3 is 15.0 Å². The standard InChI is InChI=1S/C29H43FN2O3/c1-35-27-4-2-3-22(19-27)20-28(33)31-26-11-5-21(6-12-26)13-16-32-17-14-24(15-18-32)29(34)23-7-9-25(30)10-8-23/h7-10,21-22,24,26-27H,2-6,11-20H2,1H3,(H,31,33)/t21?,22-,26?,27+/m0/s1. The van der Waals surface area contributed by atoms with E-state index in [1.165, 1.54) is 37.8 Å². The van der Waals surface area contributed by atoms with Gasteiger partial charge >= 0.3 is 0 Å². The van der Waals surface area contributed by atoms with E-state index in [0.717, 1.165) is 70.5 Å². The van der Waals surface area contributed by atoms with Crippen LogP contribution in [0.15, 0.2) is 24.3 Å². The van der Waals surface area contributed by atoms with E-state index in [0.29, 0.717) is 30.0 Å². The normalized spacial score (nSPS) is 28.5. The van der Waals surface area contributed by atoms with Crippen molar-refractivity contribution in [2.45, 2.75) is 89.2 Å². The van der Waals surface area contributed by atoms with Crippen molar-refractivity contribution in [3.63, 3.8) is 0 Å². The number of ketones is 1. The number of Topliss-reactive ketones (excluding diaryl/α,β-unsaturated/α-hetero) is 1. The fourth-order valence-corrected chi connectivity index (χ4v) is 6.42. The molecule has 6 heteroatoms. The Morgan fingerprint density at radius 3 is 2.37 bits per heavy atom. The number of hydrogen-bond donors (Lipinski definition) is 1. The van der Waals surface area contributed by atoms with Crippen LogP contribution in [-0.2, 0) is 9.53 Å². The van der Waals surface area contributed by atoms with Crippen molar-refractivity contribution in [1.29, 1.82) is 0 Å². The van der Waals surface area contributed by atoms with Gasteiger partial charge in [-0.05, 0) is 120 Å². The van der Waals surface area contributed by atoms with Gasteiger partial charge in [0.1, 0.15) is 5.82 Å². The minimum absolute atomic E-state index is 0.0600. The molecule has 1 saturated heterocycles. The highest BCUT2D eigenvalue weighted by Crippen LogP contribution is 2.30. The number of methoxy groups -OCH3 is 1. The molecular formula is C29H43FN2O3. The highest BCUT2D eigenvalue weighted by Gasteiger charge is 2.28. The lowest BCUT2D eigenvalue weighted by molar-refractivity contribution is -0.123. The number of hydrogen-bond acceptors (Lipinski definition) is 4. The highest BCUT2D eigenvalue weighted by molar-refractivity contribution is 5.97. The van der Waals surface area contributed by atoms with Crippen molar-refractivity contribution in [2.24, 2.45) is 17.8 Å². The van der Waals surface area contributed by atoms with Crippen molar-refractivity contribution >= 4 is 11.7 Å². The average molecular weight is 487 g/mol. The van der Waals surface area contributed by atoms with Gasteiger partial charge in [0, 0.05) is 31.1 Å². The summed E-state index contributed by atoms with van der Waals surface area (Å²) in [5.74, 6) is 1.36. The molecule has 0 spiro atoms. The lowest BCUT2D eigenvalue weighted by Gasteiger charge is -2.34. The third-order valence-corrected chi connectivity index (χ3v) is 8.69. The average Bonchev–Trinajstić information content (AvgIpc) is 2.88. The van der Waals surface area contributed by atoms with Crippen LogP contribution < -0.4 is 5.32 Å². The molecule has 0 aromatic heterocycles. The number of benzene rings is 1. The van der Waals surface area contributed by atoms with Crippen LogP contribution in [0.25, 0.3) is 0 Å². The Bertz CT molecular complexity index is 814. The fraction of sp³-hybridized carbons (Fsp3) is 0.724. The quantitative estimate of drug-likeness (QED) is 0.476. The molecule has 2 aliphatic carbocycles. The predicted octanol–water partition coefficient (Wildman–Crippen LogP) is 5.38. The first-order valence-corrected chi connectivity index (χ1v) is 13.8. The molecule has 1 aliphatic heterocycles. The smallest absolute Gasteiger partial charge is 0.220 e. The summed E-state index contributed by atoms with van der Waals surface area (Å²) in [7, 11) is 1.78. The molecule has 0 bridgehead atoms. The van der Waals surface area contributed by atoms with Gasteiger partial charge in [-0.15, -0.1) is 0 Å². The van der Waals surface area contributed by atoms with Crippen molar-refractivity contribution < 1.29 is 18.7 Å². The van der Waals surface area contributed by atoms with E-state index in [2.05, 4.69) is 10.2 Å². The first-order chi connectivity index (χ1) is 17.0. The maximum Gasteiger partial charge on any atom is 0.220 e. The molecule has 5 nitrogen and oxygen atoms in total.